The zero-order chi connectivity index (χ0) is 22.2. The average molecular weight is 441 g/mol. The Labute approximate surface area is 182 Å². The van der Waals surface area contributed by atoms with E-state index in [0.29, 0.717) is 24.2 Å². The third-order valence-corrected chi connectivity index (χ3v) is 5.58. The molecule has 0 radical (unpaired) electrons. The van der Waals surface area contributed by atoms with Crippen LogP contribution in [0.5, 0.6) is 0 Å². The number of carbonyl (C=O) groups excluding carboxylic acids is 1. The second kappa shape index (κ2) is 8.11. The summed E-state index contributed by atoms with van der Waals surface area (Å²) in [7, 11) is 1.61. The summed E-state index contributed by atoms with van der Waals surface area (Å²) in [6.45, 7) is 0.305. The molecule has 1 aliphatic heterocycles. The number of benzene rings is 2. The van der Waals surface area contributed by atoms with Crippen LogP contribution >= 0.6 is 12.2 Å². The van der Waals surface area contributed by atoms with Crippen molar-refractivity contribution in [3.8, 4) is 11.1 Å². The van der Waals surface area contributed by atoms with Gasteiger partial charge < -0.3 is 0 Å². The molecule has 2 heterocycles. The van der Waals surface area contributed by atoms with Crippen LogP contribution in [0.25, 0.3) is 11.1 Å². The molecule has 0 bridgehead atoms. The van der Waals surface area contributed by atoms with Gasteiger partial charge in [-0.2, -0.15) is 13.2 Å². The molecule has 0 aliphatic carbocycles. The maximum atomic E-state index is 13.5. The van der Waals surface area contributed by atoms with E-state index in [4.69, 9.17) is 12.2 Å². The Morgan fingerprint density at radius 2 is 1.94 bits per heavy atom. The number of halogens is 3. The number of aromatic nitrogens is 1. The van der Waals surface area contributed by atoms with Crippen molar-refractivity contribution in [2.75, 3.05) is 23.4 Å². The first-order valence-electron chi connectivity index (χ1n) is 9.54. The van der Waals surface area contributed by atoms with Crippen molar-refractivity contribution in [2.45, 2.75) is 12.6 Å². The molecule has 3 aromatic rings. The molecule has 1 aliphatic rings. The Hall–Kier alpha value is -3.26. The topological polar surface area (TPSA) is 36.4 Å². The fraction of sp³-hybridized carbons (Fsp3) is 0.174. The molecular formula is C23H18F3N3OS. The van der Waals surface area contributed by atoms with Crippen LogP contribution in [0.1, 0.15) is 16.7 Å². The molecule has 0 spiro atoms. The monoisotopic (exact) mass is 441 g/mol. The molecule has 2 aromatic carbocycles. The summed E-state index contributed by atoms with van der Waals surface area (Å²) in [5.74, 6) is 0. The fourth-order valence-corrected chi connectivity index (χ4v) is 3.91. The van der Waals surface area contributed by atoms with E-state index in [0.717, 1.165) is 22.6 Å². The van der Waals surface area contributed by atoms with Gasteiger partial charge in [0.05, 0.1) is 5.56 Å². The highest BCUT2D eigenvalue weighted by Gasteiger charge is 2.37. The number of rotatable bonds is 3. The van der Waals surface area contributed by atoms with E-state index in [1.807, 2.05) is 30.3 Å². The quantitative estimate of drug-likeness (QED) is 0.487. The van der Waals surface area contributed by atoms with E-state index in [-0.39, 0.29) is 11.3 Å². The second-order valence-electron chi connectivity index (χ2n) is 7.22. The van der Waals surface area contributed by atoms with Gasteiger partial charge in [0.2, 0.25) is 0 Å². The van der Waals surface area contributed by atoms with Crippen LogP contribution in [-0.4, -0.2) is 30.0 Å². The predicted octanol–water partition coefficient (Wildman–Crippen LogP) is 5.73. The number of amides is 2. The molecule has 1 aromatic heterocycles. The minimum Gasteiger partial charge on any atom is -0.297 e. The highest BCUT2D eigenvalue weighted by Crippen LogP contribution is 2.39. The lowest BCUT2D eigenvalue weighted by Crippen LogP contribution is -2.40. The van der Waals surface area contributed by atoms with E-state index in [2.05, 4.69) is 4.98 Å². The van der Waals surface area contributed by atoms with Crippen LogP contribution in [0, 0.1) is 0 Å². The maximum absolute atomic E-state index is 13.5. The number of carbonyl (C=O) groups is 1. The highest BCUT2D eigenvalue weighted by atomic mass is 32.1. The van der Waals surface area contributed by atoms with E-state index in [9.17, 15) is 18.0 Å². The van der Waals surface area contributed by atoms with Gasteiger partial charge in [0.15, 0.2) is 0 Å². The molecule has 4 nitrogen and oxygen atoms in total. The predicted molar refractivity (Wildman–Crippen MR) is 119 cm³/mol. The largest absolute Gasteiger partial charge is 0.417 e. The highest BCUT2D eigenvalue weighted by molar-refractivity contribution is 7.79. The van der Waals surface area contributed by atoms with Gasteiger partial charge in [-0.15, -0.1) is 0 Å². The van der Waals surface area contributed by atoms with Gasteiger partial charge >= 0.3 is 12.2 Å². The van der Waals surface area contributed by atoms with Crippen molar-refractivity contribution in [3.05, 3.63) is 77.6 Å². The Kier molecular flexibility index (Phi) is 5.49. The van der Waals surface area contributed by atoms with Crippen LogP contribution in [0.15, 0.2) is 60.9 Å². The van der Waals surface area contributed by atoms with Crippen molar-refractivity contribution >= 4 is 35.0 Å². The van der Waals surface area contributed by atoms with Crippen LogP contribution in [0.2, 0.25) is 0 Å². The molecule has 31 heavy (non-hydrogen) atoms. The smallest absolute Gasteiger partial charge is 0.297 e. The van der Waals surface area contributed by atoms with Crippen molar-refractivity contribution in [2.24, 2.45) is 0 Å². The third kappa shape index (κ3) is 4.03. The maximum Gasteiger partial charge on any atom is 0.417 e. The Balaban J connectivity index is 1.66. The Bertz CT molecular complexity index is 1150. The first-order chi connectivity index (χ1) is 14.8. The van der Waals surface area contributed by atoms with E-state index in [1.165, 1.54) is 15.9 Å². The molecule has 0 unspecified atom stereocenters. The van der Waals surface area contributed by atoms with Crippen LogP contribution in [-0.2, 0) is 12.6 Å². The molecule has 0 saturated carbocycles. The zero-order valence-corrected chi connectivity index (χ0v) is 17.4. The van der Waals surface area contributed by atoms with E-state index in [1.54, 1.807) is 25.5 Å². The normalized spacial score (nSPS) is 13.1. The van der Waals surface area contributed by atoms with Gasteiger partial charge in [-0.1, -0.05) is 30.4 Å². The third-order valence-electron chi connectivity index (χ3n) is 5.32. The molecule has 8 heteroatoms. The zero-order valence-electron chi connectivity index (χ0n) is 16.6. The molecule has 4 rings (SSSR count). The number of urea groups is 1. The second-order valence-corrected chi connectivity index (χ2v) is 7.45. The van der Waals surface area contributed by atoms with Gasteiger partial charge in [-0.25, -0.2) is 4.79 Å². The van der Waals surface area contributed by atoms with Gasteiger partial charge in [0.25, 0.3) is 0 Å². The number of thiocarbonyl (C=S) groups is 1. The standard InChI is InChI=1S/C23H18F3N3OS/c1-28(19-6-2-4-15(11-19)17-5-3-8-27-13-17)22(30)29-9-7-16-10-18(14-31)20(12-21(16)29)23(24,25)26/h2-6,8,10-14H,7,9H2,1H3. The van der Waals surface area contributed by atoms with Crippen LogP contribution in [0.4, 0.5) is 29.3 Å². The van der Waals surface area contributed by atoms with Crippen molar-refractivity contribution in [3.63, 3.8) is 0 Å². The molecule has 0 fully saturated rings. The fourth-order valence-electron chi connectivity index (χ4n) is 3.72. The van der Waals surface area contributed by atoms with Crippen molar-refractivity contribution in [1.82, 2.24) is 4.98 Å². The number of fused-ring (bicyclic) bond motifs is 1. The molecular weight excluding hydrogens is 423 g/mol. The van der Waals surface area contributed by atoms with Crippen molar-refractivity contribution in [1.29, 1.82) is 0 Å². The summed E-state index contributed by atoms with van der Waals surface area (Å²) in [6, 6.07) is 13.2. The minimum absolute atomic E-state index is 0.0481. The first-order valence-corrected chi connectivity index (χ1v) is 10.0. The lowest BCUT2D eigenvalue weighted by molar-refractivity contribution is -0.137. The Morgan fingerprint density at radius 3 is 2.61 bits per heavy atom. The number of hydrogen-bond acceptors (Lipinski definition) is 3. The summed E-state index contributed by atoms with van der Waals surface area (Å²) >= 11 is 4.77. The lowest BCUT2D eigenvalue weighted by Gasteiger charge is -2.26. The summed E-state index contributed by atoms with van der Waals surface area (Å²) < 4.78 is 40.4. The number of anilines is 2. The van der Waals surface area contributed by atoms with Gasteiger partial charge in [-0.05, 0) is 53.4 Å². The van der Waals surface area contributed by atoms with E-state index < -0.39 is 17.8 Å². The van der Waals surface area contributed by atoms with E-state index >= 15 is 0 Å². The summed E-state index contributed by atoms with van der Waals surface area (Å²) in [5.41, 5.74) is 2.49. The minimum atomic E-state index is -4.55. The van der Waals surface area contributed by atoms with Crippen molar-refractivity contribution < 1.29 is 18.0 Å². The number of pyridine rings is 1. The van der Waals surface area contributed by atoms with Crippen LogP contribution in [0.3, 0.4) is 0 Å². The summed E-state index contributed by atoms with van der Waals surface area (Å²) in [6.07, 6.45) is -0.678. The molecule has 0 N–H and O–H groups in total. The molecule has 0 saturated heterocycles. The lowest BCUT2D eigenvalue weighted by atomic mass is 10.0. The summed E-state index contributed by atoms with van der Waals surface area (Å²) in [4.78, 5) is 20.1. The Morgan fingerprint density at radius 1 is 1.16 bits per heavy atom. The summed E-state index contributed by atoms with van der Waals surface area (Å²) in [5, 5.41) is 1.03. The molecule has 158 valence electrons. The van der Waals surface area contributed by atoms with Gasteiger partial charge in [-0.3, -0.25) is 14.8 Å². The van der Waals surface area contributed by atoms with Gasteiger partial charge in [0, 0.05) is 48.3 Å². The number of nitrogens with zero attached hydrogens (tertiary/aromatic N) is 3. The average Bonchev–Trinajstić information content (AvgIpc) is 3.20. The van der Waals surface area contributed by atoms with Crippen LogP contribution < -0.4 is 9.80 Å². The number of alkyl halides is 3. The van der Waals surface area contributed by atoms with Gasteiger partial charge in [0.1, 0.15) is 0 Å². The first kappa shape index (κ1) is 21.0. The number of hydrogen-bond donors (Lipinski definition) is 0. The molecule has 0 atom stereocenters. The SMILES string of the molecule is CN(C(=O)N1CCc2cc(C=S)c(C(F)(F)F)cc21)c1cccc(-c2cccnc2)c1. The molecule has 2 amide bonds.